The van der Waals surface area contributed by atoms with Gasteiger partial charge in [0, 0.05) is 25.7 Å². The molecule has 100 valence electrons. The van der Waals surface area contributed by atoms with Crippen LogP contribution in [0.2, 0.25) is 0 Å². The van der Waals surface area contributed by atoms with Gasteiger partial charge in [-0.3, -0.25) is 9.59 Å². The summed E-state index contributed by atoms with van der Waals surface area (Å²) in [4.78, 5) is 22.9. The number of carbonyl (C=O) groups excluding carboxylic acids is 2. The maximum atomic E-state index is 11.4. The van der Waals surface area contributed by atoms with Crippen molar-refractivity contribution in [2.75, 3.05) is 0 Å². The highest BCUT2D eigenvalue weighted by Crippen LogP contribution is 2.52. The molecule has 4 aliphatic carbocycles. The van der Waals surface area contributed by atoms with E-state index in [1.807, 2.05) is 0 Å². The number of rotatable bonds is 2. The molecule has 4 atom stereocenters. The zero-order valence-electron chi connectivity index (χ0n) is 11.2. The molecule has 2 heteroatoms. The van der Waals surface area contributed by atoms with E-state index in [1.54, 1.807) is 11.1 Å². The number of hydrogen-bond acceptors (Lipinski definition) is 2. The van der Waals surface area contributed by atoms with Crippen molar-refractivity contribution >= 4 is 11.6 Å². The van der Waals surface area contributed by atoms with Crippen molar-refractivity contribution in [2.24, 2.45) is 23.7 Å². The summed E-state index contributed by atoms with van der Waals surface area (Å²) >= 11 is 0. The largest absolute Gasteiger partial charge is 0.300 e. The average Bonchev–Trinajstić information content (AvgIpc) is 3.10. The van der Waals surface area contributed by atoms with Gasteiger partial charge in [-0.2, -0.15) is 0 Å². The molecule has 0 saturated heterocycles. The van der Waals surface area contributed by atoms with Gasteiger partial charge in [-0.25, -0.2) is 0 Å². The second-order valence-corrected chi connectivity index (χ2v) is 6.74. The molecule has 2 nitrogen and oxygen atoms in total. The monoisotopic (exact) mass is 256 g/mol. The van der Waals surface area contributed by atoms with Crippen LogP contribution in [-0.2, 0) is 9.59 Å². The minimum atomic E-state index is 0.444. The van der Waals surface area contributed by atoms with Crippen LogP contribution in [0.25, 0.3) is 0 Å². The Morgan fingerprint density at radius 1 is 0.789 bits per heavy atom. The summed E-state index contributed by atoms with van der Waals surface area (Å²) in [5.74, 6) is 3.13. The molecule has 4 rings (SSSR count). The van der Waals surface area contributed by atoms with Crippen molar-refractivity contribution in [3.8, 4) is 0 Å². The minimum Gasteiger partial charge on any atom is -0.300 e. The fourth-order valence-electron chi connectivity index (χ4n) is 4.66. The SMILES string of the molecule is O=C1CC[C@@H](C2=C[C@H]3C[C@@H]2C=C3[C@@H]2CCC(=O)C2)C1. The molecule has 0 unspecified atom stereocenters. The molecule has 19 heavy (non-hydrogen) atoms. The van der Waals surface area contributed by atoms with Gasteiger partial charge in [0.25, 0.3) is 0 Å². The zero-order valence-corrected chi connectivity index (χ0v) is 11.2. The Labute approximate surface area is 113 Å². The Morgan fingerprint density at radius 2 is 1.26 bits per heavy atom. The molecular formula is C17H20O2. The third-order valence-corrected chi connectivity index (χ3v) is 5.59. The third kappa shape index (κ3) is 1.84. The summed E-state index contributed by atoms with van der Waals surface area (Å²) in [5.41, 5.74) is 3.09. The second kappa shape index (κ2) is 4.16. The first-order valence-electron chi connectivity index (χ1n) is 7.67. The first kappa shape index (κ1) is 11.6. The minimum absolute atomic E-state index is 0.444. The quantitative estimate of drug-likeness (QED) is 0.711. The summed E-state index contributed by atoms with van der Waals surface area (Å²) < 4.78 is 0. The maximum absolute atomic E-state index is 11.4. The fraction of sp³-hybridized carbons (Fsp3) is 0.647. The van der Waals surface area contributed by atoms with E-state index in [0.29, 0.717) is 35.2 Å². The van der Waals surface area contributed by atoms with Crippen LogP contribution in [-0.4, -0.2) is 11.6 Å². The highest BCUT2D eigenvalue weighted by Gasteiger charge is 2.41. The van der Waals surface area contributed by atoms with Crippen molar-refractivity contribution in [3.63, 3.8) is 0 Å². The number of fused-ring (bicyclic) bond motifs is 2. The lowest BCUT2D eigenvalue weighted by molar-refractivity contribution is -0.118. The van der Waals surface area contributed by atoms with Gasteiger partial charge >= 0.3 is 0 Å². The Balaban J connectivity index is 1.50. The molecule has 2 saturated carbocycles. The van der Waals surface area contributed by atoms with Crippen LogP contribution in [0.15, 0.2) is 23.3 Å². The van der Waals surface area contributed by atoms with Gasteiger partial charge in [-0.1, -0.05) is 23.3 Å². The van der Waals surface area contributed by atoms with Crippen molar-refractivity contribution < 1.29 is 9.59 Å². The van der Waals surface area contributed by atoms with Gasteiger partial charge in [0.1, 0.15) is 11.6 Å². The smallest absolute Gasteiger partial charge is 0.133 e. The van der Waals surface area contributed by atoms with E-state index in [2.05, 4.69) is 12.2 Å². The van der Waals surface area contributed by atoms with Gasteiger partial charge in [0.15, 0.2) is 0 Å². The lowest BCUT2D eigenvalue weighted by Crippen LogP contribution is -2.09. The first-order chi connectivity index (χ1) is 9.20. The highest BCUT2D eigenvalue weighted by atomic mass is 16.1. The molecule has 0 spiro atoms. The summed E-state index contributed by atoms with van der Waals surface area (Å²) in [5, 5.41) is 0. The average molecular weight is 256 g/mol. The number of hydrogen-bond donors (Lipinski definition) is 0. The lowest BCUT2D eigenvalue weighted by Gasteiger charge is -2.21. The molecule has 2 fully saturated rings. The van der Waals surface area contributed by atoms with E-state index in [1.165, 1.54) is 6.42 Å². The van der Waals surface area contributed by atoms with E-state index in [4.69, 9.17) is 0 Å². The van der Waals surface area contributed by atoms with E-state index < -0.39 is 0 Å². The Bertz CT molecular complexity index is 465. The Hall–Kier alpha value is -1.18. The van der Waals surface area contributed by atoms with Crippen molar-refractivity contribution in [1.29, 1.82) is 0 Å². The predicted molar refractivity (Wildman–Crippen MR) is 72.5 cm³/mol. The molecule has 0 N–H and O–H groups in total. The van der Waals surface area contributed by atoms with Crippen molar-refractivity contribution in [1.82, 2.24) is 0 Å². The summed E-state index contributed by atoms with van der Waals surface area (Å²) in [6.45, 7) is 0. The van der Waals surface area contributed by atoms with Gasteiger partial charge in [0.2, 0.25) is 0 Å². The predicted octanol–water partition coefficient (Wildman–Crippen LogP) is 3.23. The van der Waals surface area contributed by atoms with Crippen LogP contribution >= 0.6 is 0 Å². The third-order valence-electron chi connectivity index (χ3n) is 5.59. The fourth-order valence-corrected chi connectivity index (χ4v) is 4.66. The topological polar surface area (TPSA) is 34.1 Å². The molecule has 0 aromatic carbocycles. The highest BCUT2D eigenvalue weighted by molar-refractivity contribution is 5.82. The van der Waals surface area contributed by atoms with Crippen LogP contribution < -0.4 is 0 Å². The first-order valence-corrected chi connectivity index (χ1v) is 7.67. The molecule has 0 amide bonds. The van der Waals surface area contributed by atoms with Crippen LogP contribution in [0.4, 0.5) is 0 Å². The molecule has 0 heterocycles. The standard InChI is InChI=1S/C17H20O2/c18-14-3-1-10(6-14)16-8-13-5-12(16)9-17(13)11-2-4-15(19)7-11/h8-13H,1-7H2/t10-,11-,12-,13-/m1/s1. The summed E-state index contributed by atoms with van der Waals surface area (Å²) in [7, 11) is 0. The van der Waals surface area contributed by atoms with E-state index in [-0.39, 0.29) is 0 Å². The number of Topliss-reactive ketones (excluding diaryl/α,β-unsaturated/α-hetero) is 2. The van der Waals surface area contributed by atoms with Gasteiger partial charge in [0.05, 0.1) is 0 Å². The Kier molecular flexibility index (Phi) is 2.54. The Morgan fingerprint density at radius 3 is 1.58 bits per heavy atom. The van der Waals surface area contributed by atoms with Crippen LogP contribution in [0.5, 0.6) is 0 Å². The molecular weight excluding hydrogens is 236 g/mol. The van der Waals surface area contributed by atoms with Crippen LogP contribution in [0.1, 0.15) is 44.9 Å². The lowest BCUT2D eigenvalue weighted by atomic mass is 9.84. The van der Waals surface area contributed by atoms with E-state index in [0.717, 1.165) is 38.5 Å². The summed E-state index contributed by atoms with van der Waals surface area (Å²) in [6.07, 6.45) is 11.4. The summed E-state index contributed by atoms with van der Waals surface area (Å²) in [6, 6.07) is 0. The van der Waals surface area contributed by atoms with Crippen LogP contribution in [0.3, 0.4) is 0 Å². The van der Waals surface area contributed by atoms with Crippen molar-refractivity contribution in [3.05, 3.63) is 23.3 Å². The van der Waals surface area contributed by atoms with Crippen LogP contribution in [0, 0.1) is 23.7 Å². The number of carbonyl (C=O) groups is 2. The van der Waals surface area contributed by atoms with Crippen molar-refractivity contribution in [2.45, 2.75) is 44.9 Å². The molecule has 4 aliphatic rings. The number of ketones is 2. The second-order valence-electron chi connectivity index (χ2n) is 6.74. The molecule has 0 aliphatic heterocycles. The van der Waals surface area contributed by atoms with Gasteiger partial charge in [-0.15, -0.1) is 0 Å². The number of allylic oxidation sites excluding steroid dienone is 4. The van der Waals surface area contributed by atoms with E-state index >= 15 is 0 Å². The normalized spacial score (nSPS) is 41.1. The zero-order chi connectivity index (χ0) is 13.0. The van der Waals surface area contributed by atoms with Gasteiger partial charge in [-0.05, 0) is 42.9 Å². The molecule has 0 radical (unpaired) electrons. The molecule has 0 aromatic heterocycles. The maximum Gasteiger partial charge on any atom is 0.133 e. The van der Waals surface area contributed by atoms with E-state index in [9.17, 15) is 9.59 Å². The molecule has 0 aromatic rings. The van der Waals surface area contributed by atoms with Gasteiger partial charge < -0.3 is 0 Å². The molecule has 2 bridgehead atoms.